The Kier molecular flexibility index (Phi) is 6.37. The molecular formula is C20H17BrN2O2S. The first-order valence-corrected chi connectivity index (χ1v) is 9.95. The molecule has 0 saturated carbocycles. The quantitative estimate of drug-likeness (QED) is 0.682. The molecule has 0 aliphatic carbocycles. The molecule has 1 atom stereocenters. The monoisotopic (exact) mass is 428 g/mol. The van der Waals surface area contributed by atoms with Crippen molar-refractivity contribution in [3.8, 4) is 11.8 Å². The van der Waals surface area contributed by atoms with Crippen LogP contribution < -0.4 is 10.1 Å². The molecule has 4 nitrogen and oxygen atoms in total. The molecule has 1 N–H and O–H groups in total. The van der Waals surface area contributed by atoms with E-state index in [1.165, 1.54) is 11.8 Å². The van der Waals surface area contributed by atoms with Crippen molar-refractivity contribution in [2.24, 2.45) is 0 Å². The minimum atomic E-state index is -0.219. The lowest BCUT2D eigenvalue weighted by atomic mass is 9.87. The maximum atomic E-state index is 12.1. The van der Waals surface area contributed by atoms with Gasteiger partial charge >= 0.3 is 0 Å². The summed E-state index contributed by atoms with van der Waals surface area (Å²) in [6.07, 6.45) is 0.282. The Hall–Kier alpha value is -2.23. The molecule has 0 aromatic heterocycles. The topological polar surface area (TPSA) is 62.1 Å². The number of nitrogens with zero attached hydrogens (tertiary/aromatic N) is 1. The minimum absolute atomic E-state index is 0.0690. The van der Waals surface area contributed by atoms with E-state index >= 15 is 0 Å². The van der Waals surface area contributed by atoms with Gasteiger partial charge in [-0.05, 0) is 29.8 Å². The Labute approximate surface area is 165 Å². The van der Waals surface area contributed by atoms with Crippen molar-refractivity contribution < 1.29 is 9.53 Å². The Morgan fingerprint density at radius 2 is 2.04 bits per heavy atom. The van der Waals surface area contributed by atoms with Gasteiger partial charge in [-0.3, -0.25) is 4.79 Å². The van der Waals surface area contributed by atoms with E-state index in [2.05, 4.69) is 27.3 Å². The average molecular weight is 429 g/mol. The second-order valence-corrected chi connectivity index (χ2v) is 7.75. The molecular weight excluding hydrogens is 412 g/mol. The highest BCUT2D eigenvalue weighted by Crippen LogP contribution is 2.36. The number of carbonyl (C=O) groups is 1. The fraction of sp³-hybridized carbons (Fsp3) is 0.200. The van der Waals surface area contributed by atoms with Crippen molar-refractivity contribution in [1.29, 1.82) is 5.26 Å². The molecule has 0 bridgehead atoms. The van der Waals surface area contributed by atoms with Crippen molar-refractivity contribution in [3.05, 3.63) is 75.2 Å². The molecule has 1 heterocycles. The van der Waals surface area contributed by atoms with E-state index < -0.39 is 0 Å². The molecule has 0 unspecified atom stereocenters. The first kappa shape index (κ1) is 18.6. The molecule has 1 aliphatic heterocycles. The van der Waals surface area contributed by atoms with Gasteiger partial charge in [-0.25, -0.2) is 0 Å². The number of halogens is 1. The van der Waals surface area contributed by atoms with Crippen molar-refractivity contribution in [2.75, 3.05) is 12.4 Å². The summed E-state index contributed by atoms with van der Waals surface area (Å²) in [5.74, 6) is 1.16. The summed E-state index contributed by atoms with van der Waals surface area (Å²) >= 11 is 4.90. The molecule has 0 spiro atoms. The van der Waals surface area contributed by atoms with Gasteiger partial charge in [0.2, 0.25) is 5.91 Å². The number of para-hydroxylation sites is 1. The van der Waals surface area contributed by atoms with Crippen molar-refractivity contribution in [3.63, 3.8) is 0 Å². The molecule has 1 amide bonds. The van der Waals surface area contributed by atoms with Crippen LogP contribution >= 0.6 is 27.7 Å². The van der Waals surface area contributed by atoms with E-state index in [-0.39, 0.29) is 18.2 Å². The van der Waals surface area contributed by atoms with Crippen molar-refractivity contribution >= 4 is 33.6 Å². The predicted octanol–water partition coefficient (Wildman–Crippen LogP) is 4.60. The molecule has 0 radical (unpaired) electrons. The lowest BCUT2D eigenvalue weighted by Gasteiger charge is -2.25. The summed E-state index contributed by atoms with van der Waals surface area (Å²) in [5.41, 5.74) is 1.57. The number of amides is 1. The van der Waals surface area contributed by atoms with Gasteiger partial charge in [0.05, 0.1) is 23.3 Å². The number of allylic oxidation sites excluding steroid dienone is 1. The van der Waals surface area contributed by atoms with Crippen LogP contribution in [0.3, 0.4) is 0 Å². The van der Waals surface area contributed by atoms with Gasteiger partial charge in [-0.15, -0.1) is 11.8 Å². The van der Waals surface area contributed by atoms with E-state index in [9.17, 15) is 10.1 Å². The summed E-state index contributed by atoms with van der Waals surface area (Å²) in [5, 5.41) is 13.1. The van der Waals surface area contributed by atoms with Gasteiger partial charge in [0, 0.05) is 22.6 Å². The van der Waals surface area contributed by atoms with E-state index in [4.69, 9.17) is 4.74 Å². The number of nitriles is 1. The van der Waals surface area contributed by atoms with Gasteiger partial charge < -0.3 is 10.1 Å². The van der Waals surface area contributed by atoms with Crippen LogP contribution in [0.5, 0.6) is 5.75 Å². The lowest BCUT2D eigenvalue weighted by Crippen LogP contribution is -2.31. The van der Waals surface area contributed by atoms with Crippen LogP contribution in [0, 0.1) is 11.3 Å². The first-order valence-electron chi connectivity index (χ1n) is 8.17. The number of thioether (sulfide) groups is 1. The Balaban J connectivity index is 1.71. The summed E-state index contributed by atoms with van der Waals surface area (Å²) in [4.78, 5) is 12.1. The molecule has 0 saturated heterocycles. The highest BCUT2D eigenvalue weighted by Gasteiger charge is 2.29. The summed E-state index contributed by atoms with van der Waals surface area (Å²) in [6, 6.07) is 19.6. The fourth-order valence-electron chi connectivity index (χ4n) is 2.76. The third-order valence-corrected chi connectivity index (χ3v) is 5.42. The fourth-order valence-corrected chi connectivity index (χ4v) is 4.08. The third kappa shape index (κ3) is 4.69. The molecule has 0 fully saturated rings. The summed E-state index contributed by atoms with van der Waals surface area (Å²) in [7, 11) is 0. The predicted molar refractivity (Wildman–Crippen MR) is 107 cm³/mol. The maximum absolute atomic E-state index is 12.1. The smallest absolute Gasteiger partial charge is 0.225 e. The zero-order chi connectivity index (χ0) is 18.4. The van der Waals surface area contributed by atoms with Crippen LogP contribution in [-0.4, -0.2) is 18.3 Å². The van der Waals surface area contributed by atoms with E-state index in [0.29, 0.717) is 23.0 Å². The largest absolute Gasteiger partial charge is 0.493 e. The number of ether oxygens (including phenoxy) is 1. The highest BCUT2D eigenvalue weighted by atomic mass is 79.9. The van der Waals surface area contributed by atoms with E-state index in [1.807, 2.05) is 54.6 Å². The van der Waals surface area contributed by atoms with Crippen LogP contribution in [0.25, 0.3) is 0 Å². The van der Waals surface area contributed by atoms with Gasteiger partial charge in [0.1, 0.15) is 5.75 Å². The Morgan fingerprint density at radius 3 is 2.77 bits per heavy atom. The van der Waals surface area contributed by atoms with Gasteiger partial charge in [0.25, 0.3) is 0 Å². The average Bonchev–Trinajstić information content (AvgIpc) is 2.65. The summed E-state index contributed by atoms with van der Waals surface area (Å²) in [6.45, 7) is 0.494. The Morgan fingerprint density at radius 1 is 1.23 bits per heavy atom. The number of rotatable bonds is 6. The SMILES string of the molecule is N#CC1=C(SCCOc2ccccc2)NC(=O)C[C@H]1c1cccc(Br)c1. The van der Waals surface area contributed by atoms with Crippen molar-refractivity contribution in [2.45, 2.75) is 12.3 Å². The minimum Gasteiger partial charge on any atom is -0.493 e. The normalized spacial score (nSPS) is 16.8. The highest BCUT2D eigenvalue weighted by molar-refractivity contribution is 9.10. The molecule has 2 aromatic rings. The second-order valence-electron chi connectivity index (χ2n) is 5.72. The lowest BCUT2D eigenvalue weighted by molar-refractivity contribution is -0.120. The molecule has 3 rings (SSSR count). The maximum Gasteiger partial charge on any atom is 0.225 e. The molecule has 2 aromatic carbocycles. The number of hydrogen-bond donors (Lipinski definition) is 1. The third-order valence-electron chi connectivity index (χ3n) is 3.95. The van der Waals surface area contributed by atoms with Gasteiger partial charge in [-0.1, -0.05) is 46.3 Å². The van der Waals surface area contributed by atoms with Crippen LogP contribution in [0.4, 0.5) is 0 Å². The molecule has 132 valence electrons. The first-order chi connectivity index (χ1) is 12.7. The van der Waals surface area contributed by atoms with Gasteiger partial charge in [-0.2, -0.15) is 5.26 Å². The van der Waals surface area contributed by atoms with Crippen LogP contribution in [-0.2, 0) is 4.79 Å². The van der Waals surface area contributed by atoms with Crippen LogP contribution in [0.15, 0.2) is 69.7 Å². The summed E-state index contributed by atoms with van der Waals surface area (Å²) < 4.78 is 6.61. The Bertz CT molecular complexity index is 862. The zero-order valence-corrected chi connectivity index (χ0v) is 16.3. The standard InChI is InChI=1S/C20H17BrN2O2S/c21-15-6-4-5-14(11-15)17-12-19(24)23-20(18(17)13-22)26-10-9-25-16-7-2-1-3-8-16/h1-8,11,17H,9-10,12H2,(H,23,24)/t17-/m0/s1. The van der Waals surface area contributed by atoms with Gasteiger partial charge in [0.15, 0.2) is 0 Å². The van der Waals surface area contributed by atoms with Crippen molar-refractivity contribution in [1.82, 2.24) is 5.32 Å². The van der Waals surface area contributed by atoms with E-state index in [0.717, 1.165) is 15.8 Å². The molecule has 26 heavy (non-hydrogen) atoms. The van der Waals surface area contributed by atoms with E-state index in [1.54, 1.807) is 0 Å². The molecule has 6 heteroatoms. The zero-order valence-electron chi connectivity index (χ0n) is 13.9. The second kappa shape index (κ2) is 8.93. The number of nitrogens with one attached hydrogen (secondary N) is 1. The number of hydrogen-bond acceptors (Lipinski definition) is 4. The number of carbonyl (C=O) groups excluding carboxylic acids is 1. The number of benzene rings is 2. The van der Waals surface area contributed by atoms with Crippen LogP contribution in [0.2, 0.25) is 0 Å². The molecule has 1 aliphatic rings. The van der Waals surface area contributed by atoms with Crippen LogP contribution in [0.1, 0.15) is 17.9 Å².